The van der Waals surface area contributed by atoms with Gasteiger partial charge in [0.1, 0.15) is 5.75 Å². The topological polar surface area (TPSA) is 96.9 Å². The Morgan fingerprint density at radius 2 is 2.15 bits per heavy atom. The minimum Gasteiger partial charge on any atom is -0.484 e. The first-order chi connectivity index (χ1) is 9.56. The molecule has 110 valence electrons. The number of nitrogens with zero attached hydrogens (tertiary/aromatic N) is 1. The molecule has 20 heavy (non-hydrogen) atoms. The summed E-state index contributed by atoms with van der Waals surface area (Å²) in [6.07, 6.45) is 1.99. The summed E-state index contributed by atoms with van der Waals surface area (Å²) in [5.74, 6) is 1.28. The predicted octanol–water partition coefficient (Wildman–Crippen LogP) is 1.03. The zero-order valence-corrected chi connectivity index (χ0v) is 12.3. The highest BCUT2D eigenvalue weighted by Gasteiger charge is 2.07. The van der Waals surface area contributed by atoms with Crippen LogP contribution in [-0.4, -0.2) is 41.6 Å². The van der Waals surface area contributed by atoms with Gasteiger partial charge in [-0.2, -0.15) is 11.8 Å². The van der Waals surface area contributed by atoms with Crippen LogP contribution in [0.4, 0.5) is 0 Å². The van der Waals surface area contributed by atoms with Gasteiger partial charge in [-0.25, -0.2) is 0 Å². The van der Waals surface area contributed by atoms with Crippen molar-refractivity contribution in [1.29, 1.82) is 0 Å². The molecule has 0 radical (unpaired) electrons. The van der Waals surface area contributed by atoms with Crippen LogP contribution < -0.4 is 15.8 Å². The molecule has 0 aliphatic rings. The van der Waals surface area contributed by atoms with E-state index in [1.807, 2.05) is 13.2 Å². The van der Waals surface area contributed by atoms with Crippen LogP contribution >= 0.6 is 11.8 Å². The van der Waals surface area contributed by atoms with E-state index in [4.69, 9.17) is 15.7 Å². The molecular weight excluding hydrogens is 278 g/mol. The fraction of sp³-hybridized carbons (Fsp3) is 0.385. The van der Waals surface area contributed by atoms with Gasteiger partial charge in [0.05, 0.1) is 0 Å². The van der Waals surface area contributed by atoms with Crippen molar-refractivity contribution >= 4 is 23.5 Å². The smallest absolute Gasteiger partial charge is 0.258 e. The maximum atomic E-state index is 11.6. The third-order valence-electron chi connectivity index (χ3n) is 2.45. The molecule has 1 atom stereocenters. The molecule has 0 heterocycles. The van der Waals surface area contributed by atoms with Crippen LogP contribution in [0, 0.1) is 0 Å². The van der Waals surface area contributed by atoms with Crippen molar-refractivity contribution in [2.24, 2.45) is 10.9 Å². The van der Waals surface area contributed by atoms with Gasteiger partial charge >= 0.3 is 0 Å². The molecule has 0 fully saturated rings. The van der Waals surface area contributed by atoms with Crippen LogP contribution in [-0.2, 0) is 4.79 Å². The van der Waals surface area contributed by atoms with Gasteiger partial charge in [-0.05, 0) is 37.4 Å². The van der Waals surface area contributed by atoms with Gasteiger partial charge in [-0.15, -0.1) is 0 Å². The van der Waals surface area contributed by atoms with Gasteiger partial charge < -0.3 is 21.0 Å². The minimum absolute atomic E-state index is 0.0279. The highest BCUT2D eigenvalue weighted by Crippen LogP contribution is 2.11. The Bertz CT molecular complexity index is 462. The number of oxime groups is 1. The van der Waals surface area contributed by atoms with Crippen LogP contribution in [0.25, 0.3) is 0 Å². The van der Waals surface area contributed by atoms with Crippen molar-refractivity contribution < 1.29 is 14.7 Å². The first kappa shape index (κ1) is 16.2. The number of ether oxygens (including phenoxy) is 1. The second-order valence-corrected chi connectivity index (χ2v) is 5.13. The highest BCUT2D eigenvalue weighted by molar-refractivity contribution is 7.98. The number of hydrogen-bond acceptors (Lipinski definition) is 5. The monoisotopic (exact) mass is 297 g/mol. The molecule has 7 heteroatoms. The summed E-state index contributed by atoms with van der Waals surface area (Å²) in [6, 6.07) is 6.74. The van der Waals surface area contributed by atoms with E-state index in [2.05, 4.69) is 10.5 Å². The van der Waals surface area contributed by atoms with Gasteiger partial charge in [0.2, 0.25) is 0 Å². The summed E-state index contributed by atoms with van der Waals surface area (Å²) in [5, 5.41) is 14.3. The van der Waals surface area contributed by atoms with Crippen LogP contribution in [0.15, 0.2) is 29.4 Å². The summed E-state index contributed by atoms with van der Waals surface area (Å²) < 4.78 is 5.35. The maximum Gasteiger partial charge on any atom is 0.258 e. The molecule has 0 saturated carbocycles. The summed E-state index contributed by atoms with van der Waals surface area (Å²) >= 11 is 1.67. The summed E-state index contributed by atoms with van der Waals surface area (Å²) in [5.41, 5.74) is 6.02. The lowest BCUT2D eigenvalue weighted by atomic mass is 10.2. The summed E-state index contributed by atoms with van der Waals surface area (Å²) in [4.78, 5) is 11.6. The predicted molar refractivity (Wildman–Crippen MR) is 80.4 cm³/mol. The van der Waals surface area contributed by atoms with Gasteiger partial charge in [-0.3, -0.25) is 4.79 Å². The Kier molecular flexibility index (Phi) is 6.72. The second kappa shape index (κ2) is 8.31. The van der Waals surface area contributed by atoms with Crippen molar-refractivity contribution in [3.63, 3.8) is 0 Å². The number of carbonyl (C=O) groups excluding carboxylic acids is 1. The summed E-state index contributed by atoms with van der Waals surface area (Å²) in [7, 11) is 0. The zero-order valence-electron chi connectivity index (χ0n) is 11.5. The molecule has 1 rings (SSSR count). The van der Waals surface area contributed by atoms with Crippen molar-refractivity contribution in [3.8, 4) is 5.75 Å². The molecule has 0 bridgehead atoms. The first-order valence-corrected chi connectivity index (χ1v) is 7.45. The number of rotatable bonds is 7. The number of carbonyl (C=O) groups is 1. The Morgan fingerprint density at radius 1 is 1.50 bits per heavy atom. The summed E-state index contributed by atoms with van der Waals surface area (Å²) in [6.45, 7) is 1.90. The Labute approximate surface area is 122 Å². The molecule has 1 amide bonds. The molecular formula is C13H19N3O3S. The average molecular weight is 297 g/mol. The minimum atomic E-state index is -0.160. The number of nitrogens with one attached hydrogen (secondary N) is 1. The molecule has 0 aliphatic heterocycles. The standard InChI is InChI=1S/C13H19N3O3S/c1-9(8-20-2)15-12(17)7-19-11-5-3-10(4-6-11)13(14)16-18/h3-6,9,18H,7-8H2,1-2H3,(H2,14,16)(H,15,17). The van der Waals surface area contributed by atoms with Crippen LogP contribution in [0.3, 0.4) is 0 Å². The molecule has 0 saturated heterocycles. The largest absolute Gasteiger partial charge is 0.484 e. The molecule has 1 aromatic rings. The van der Waals surface area contributed by atoms with Crippen molar-refractivity contribution in [3.05, 3.63) is 29.8 Å². The Morgan fingerprint density at radius 3 is 2.70 bits per heavy atom. The molecule has 6 nitrogen and oxygen atoms in total. The van der Waals surface area contributed by atoms with E-state index in [-0.39, 0.29) is 24.4 Å². The van der Waals surface area contributed by atoms with Crippen LogP contribution in [0.2, 0.25) is 0 Å². The lowest BCUT2D eigenvalue weighted by molar-refractivity contribution is -0.123. The number of amidine groups is 1. The second-order valence-electron chi connectivity index (χ2n) is 4.22. The molecule has 0 spiro atoms. The van der Waals surface area contributed by atoms with Gasteiger partial charge in [0, 0.05) is 17.4 Å². The van der Waals surface area contributed by atoms with Crippen molar-refractivity contribution in [2.45, 2.75) is 13.0 Å². The normalized spacial score (nSPS) is 12.8. The third kappa shape index (κ3) is 5.40. The quantitative estimate of drug-likeness (QED) is 0.302. The van der Waals surface area contributed by atoms with Gasteiger partial charge in [0.25, 0.3) is 5.91 Å². The molecule has 1 aromatic carbocycles. The zero-order chi connectivity index (χ0) is 15.0. The number of hydrogen-bond donors (Lipinski definition) is 3. The van der Waals surface area contributed by atoms with E-state index >= 15 is 0 Å². The van der Waals surface area contributed by atoms with Crippen LogP contribution in [0.5, 0.6) is 5.75 Å². The molecule has 0 aliphatic carbocycles. The SMILES string of the molecule is CSCC(C)NC(=O)COc1ccc(/C(N)=N/O)cc1. The van der Waals surface area contributed by atoms with E-state index in [0.717, 1.165) is 5.75 Å². The third-order valence-corrected chi connectivity index (χ3v) is 3.29. The van der Waals surface area contributed by atoms with Gasteiger partial charge in [0.15, 0.2) is 12.4 Å². The maximum absolute atomic E-state index is 11.6. The number of amides is 1. The number of thioether (sulfide) groups is 1. The number of benzene rings is 1. The lowest BCUT2D eigenvalue weighted by Crippen LogP contribution is -2.37. The van der Waals surface area contributed by atoms with E-state index in [0.29, 0.717) is 11.3 Å². The molecule has 4 N–H and O–H groups in total. The number of nitrogens with two attached hydrogens (primary N) is 1. The van der Waals surface area contributed by atoms with E-state index in [1.165, 1.54) is 0 Å². The Balaban J connectivity index is 2.44. The van der Waals surface area contributed by atoms with E-state index in [9.17, 15) is 4.79 Å². The van der Waals surface area contributed by atoms with Gasteiger partial charge in [-0.1, -0.05) is 5.16 Å². The van der Waals surface area contributed by atoms with Crippen LogP contribution in [0.1, 0.15) is 12.5 Å². The molecule has 1 unspecified atom stereocenters. The van der Waals surface area contributed by atoms with Crippen molar-refractivity contribution in [1.82, 2.24) is 5.32 Å². The highest BCUT2D eigenvalue weighted by atomic mass is 32.2. The fourth-order valence-electron chi connectivity index (χ4n) is 1.54. The van der Waals surface area contributed by atoms with E-state index in [1.54, 1.807) is 36.0 Å². The average Bonchev–Trinajstić information content (AvgIpc) is 2.45. The lowest BCUT2D eigenvalue weighted by Gasteiger charge is -2.13. The fourth-order valence-corrected chi connectivity index (χ4v) is 2.12. The molecule has 0 aromatic heterocycles. The van der Waals surface area contributed by atoms with E-state index < -0.39 is 0 Å². The Hall–Kier alpha value is -1.89. The van der Waals surface area contributed by atoms with Crippen molar-refractivity contribution in [2.75, 3.05) is 18.6 Å². The first-order valence-electron chi connectivity index (χ1n) is 6.06.